The summed E-state index contributed by atoms with van der Waals surface area (Å²) in [5, 5.41) is 23.4. The van der Waals surface area contributed by atoms with Gasteiger partial charge in [-0.1, -0.05) is 11.8 Å². The number of benzene rings is 1. The lowest BCUT2D eigenvalue weighted by Gasteiger charge is -2.09. The smallest absolute Gasteiger partial charge is 0.269 e. The number of rotatable bonds is 6. The Bertz CT molecular complexity index is 730. The molecule has 1 unspecified atom stereocenters. The SMILES string of the molecule is CC(C)NC(=O)CC1SC(=N/N=C/c2ccc([N+](=O)[O-])cc2)NC1=O. The van der Waals surface area contributed by atoms with Crippen LogP contribution in [0.25, 0.3) is 0 Å². The van der Waals surface area contributed by atoms with E-state index in [4.69, 9.17) is 0 Å². The number of nitrogens with one attached hydrogen (secondary N) is 2. The highest BCUT2D eigenvalue weighted by atomic mass is 32.2. The molecule has 2 N–H and O–H groups in total. The molecule has 0 aromatic heterocycles. The van der Waals surface area contributed by atoms with Crippen LogP contribution in [0.2, 0.25) is 0 Å². The first-order valence-electron chi connectivity index (χ1n) is 7.47. The number of hydrogen-bond acceptors (Lipinski definition) is 7. The van der Waals surface area contributed by atoms with E-state index in [1.54, 1.807) is 12.1 Å². The minimum absolute atomic E-state index is 0.00964. The number of carbonyl (C=O) groups is 2. The van der Waals surface area contributed by atoms with E-state index in [1.165, 1.54) is 18.3 Å². The van der Waals surface area contributed by atoms with Gasteiger partial charge in [0.1, 0.15) is 5.25 Å². The van der Waals surface area contributed by atoms with Crippen molar-refractivity contribution in [1.29, 1.82) is 0 Å². The van der Waals surface area contributed by atoms with Gasteiger partial charge in [0, 0.05) is 24.6 Å². The van der Waals surface area contributed by atoms with Crippen LogP contribution in [0.1, 0.15) is 25.8 Å². The van der Waals surface area contributed by atoms with Gasteiger partial charge in [0.25, 0.3) is 5.69 Å². The monoisotopic (exact) mass is 363 g/mol. The van der Waals surface area contributed by atoms with Crippen molar-refractivity contribution < 1.29 is 14.5 Å². The maximum Gasteiger partial charge on any atom is 0.269 e. The normalized spacial score (nSPS) is 18.8. The number of carbonyl (C=O) groups excluding carboxylic acids is 2. The third kappa shape index (κ3) is 5.68. The van der Waals surface area contributed by atoms with Gasteiger partial charge in [-0.05, 0) is 31.5 Å². The van der Waals surface area contributed by atoms with Crippen molar-refractivity contribution >= 4 is 40.6 Å². The van der Waals surface area contributed by atoms with Crippen molar-refractivity contribution in [1.82, 2.24) is 10.6 Å². The van der Waals surface area contributed by atoms with E-state index in [1.807, 2.05) is 13.8 Å². The molecule has 1 fully saturated rings. The average molecular weight is 363 g/mol. The summed E-state index contributed by atoms with van der Waals surface area (Å²) >= 11 is 1.14. The molecule has 2 amide bonds. The quantitative estimate of drug-likeness (QED) is 0.449. The van der Waals surface area contributed by atoms with Gasteiger partial charge in [-0.25, -0.2) is 0 Å². The van der Waals surface area contributed by atoms with Crippen molar-refractivity contribution in [3.8, 4) is 0 Å². The molecule has 9 nitrogen and oxygen atoms in total. The van der Waals surface area contributed by atoms with Gasteiger partial charge in [0.05, 0.1) is 11.1 Å². The molecule has 1 atom stereocenters. The van der Waals surface area contributed by atoms with E-state index in [2.05, 4.69) is 20.8 Å². The van der Waals surface area contributed by atoms with Crippen molar-refractivity contribution in [3.63, 3.8) is 0 Å². The maximum atomic E-state index is 11.8. The molecule has 132 valence electrons. The Kier molecular flexibility index (Phi) is 6.23. The Labute approximate surface area is 148 Å². The summed E-state index contributed by atoms with van der Waals surface area (Å²) in [6, 6.07) is 5.83. The molecule has 0 aliphatic carbocycles. The van der Waals surface area contributed by atoms with Crippen molar-refractivity contribution in [2.24, 2.45) is 10.2 Å². The fourth-order valence-electron chi connectivity index (χ4n) is 1.97. The summed E-state index contributed by atoms with van der Waals surface area (Å²) in [6.07, 6.45) is 1.49. The van der Waals surface area contributed by atoms with Crippen LogP contribution in [-0.2, 0) is 9.59 Å². The van der Waals surface area contributed by atoms with Gasteiger partial charge in [-0.3, -0.25) is 19.7 Å². The minimum Gasteiger partial charge on any atom is -0.354 e. The van der Waals surface area contributed by atoms with Crippen LogP contribution in [0.4, 0.5) is 5.69 Å². The first-order chi connectivity index (χ1) is 11.8. The van der Waals surface area contributed by atoms with Crippen LogP contribution < -0.4 is 10.6 Å². The summed E-state index contributed by atoms with van der Waals surface area (Å²) in [4.78, 5) is 33.6. The van der Waals surface area contributed by atoms with E-state index >= 15 is 0 Å². The Morgan fingerprint density at radius 2 is 2.12 bits per heavy atom. The topological polar surface area (TPSA) is 126 Å². The van der Waals surface area contributed by atoms with Crippen molar-refractivity contribution in [3.05, 3.63) is 39.9 Å². The molecule has 1 aromatic carbocycles. The second-order valence-corrected chi connectivity index (χ2v) is 6.71. The second kappa shape index (κ2) is 8.38. The zero-order chi connectivity index (χ0) is 18.4. The number of hydrogen-bond donors (Lipinski definition) is 2. The fraction of sp³-hybridized carbons (Fsp3) is 0.333. The van der Waals surface area contributed by atoms with Gasteiger partial charge in [-0.2, -0.15) is 5.10 Å². The first kappa shape index (κ1) is 18.6. The first-order valence-corrected chi connectivity index (χ1v) is 8.35. The number of non-ortho nitro benzene ring substituents is 1. The standard InChI is InChI=1S/C15H17N5O4S/c1-9(2)17-13(21)7-12-14(22)18-15(25-12)19-16-8-10-3-5-11(6-4-10)20(23)24/h3-6,8-9,12H,7H2,1-2H3,(H,17,21)(H,18,19,22)/b16-8+. The molecule has 0 radical (unpaired) electrons. The van der Waals surface area contributed by atoms with Crippen LogP contribution in [0.15, 0.2) is 34.5 Å². The third-order valence-corrected chi connectivity index (χ3v) is 4.13. The van der Waals surface area contributed by atoms with Crippen LogP contribution in [0.3, 0.4) is 0 Å². The van der Waals surface area contributed by atoms with E-state index in [0.29, 0.717) is 10.7 Å². The molecule has 2 rings (SSSR count). The van der Waals surface area contributed by atoms with E-state index in [0.717, 1.165) is 11.8 Å². The molecular weight excluding hydrogens is 346 g/mol. The molecular formula is C15H17N5O4S. The van der Waals surface area contributed by atoms with Gasteiger partial charge < -0.3 is 10.6 Å². The van der Waals surface area contributed by atoms with Crippen LogP contribution in [0.5, 0.6) is 0 Å². The summed E-state index contributed by atoms with van der Waals surface area (Å²) in [5.74, 6) is -0.480. The summed E-state index contributed by atoms with van der Waals surface area (Å²) < 4.78 is 0. The highest BCUT2D eigenvalue weighted by molar-refractivity contribution is 8.15. The lowest BCUT2D eigenvalue weighted by molar-refractivity contribution is -0.384. The largest absolute Gasteiger partial charge is 0.354 e. The lowest BCUT2D eigenvalue weighted by Crippen LogP contribution is -2.34. The number of nitro benzene ring substituents is 1. The Morgan fingerprint density at radius 3 is 2.72 bits per heavy atom. The van der Waals surface area contributed by atoms with E-state index in [-0.39, 0.29) is 30.0 Å². The van der Waals surface area contributed by atoms with Gasteiger partial charge in [0.2, 0.25) is 11.8 Å². The predicted octanol–water partition coefficient (Wildman–Crippen LogP) is 1.43. The third-order valence-electron chi connectivity index (χ3n) is 3.06. The Hall–Kier alpha value is -2.75. The van der Waals surface area contributed by atoms with Crippen LogP contribution in [0, 0.1) is 10.1 Å². The highest BCUT2D eigenvalue weighted by Gasteiger charge is 2.32. The van der Waals surface area contributed by atoms with Gasteiger partial charge >= 0.3 is 0 Å². The molecule has 1 saturated heterocycles. The molecule has 1 aliphatic rings. The van der Waals surface area contributed by atoms with Crippen LogP contribution >= 0.6 is 11.8 Å². The molecule has 0 bridgehead atoms. The van der Waals surface area contributed by atoms with Crippen molar-refractivity contribution in [2.75, 3.05) is 0 Å². The molecule has 1 aliphatic heterocycles. The highest BCUT2D eigenvalue weighted by Crippen LogP contribution is 2.22. The van der Waals surface area contributed by atoms with Crippen LogP contribution in [-0.4, -0.2) is 39.4 Å². The molecule has 1 heterocycles. The number of nitro groups is 1. The van der Waals surface area contributed by atoms with Gasteiger partial charge in [-0.15, -0.1) is 5.10 Å². The minimum atomic E-state index is -0.535. The average Bonchev–Trinajstić information content (AvgIpc) is 2.86. The zero-order valence-electron chi connectivity index (χ0n) is 13.6. The summed E-state index contributed by atoms with van der Waals surface area (Å²) in [5.41, 5.74) is 0.627. The zero-order valence-corrected chi connectivity index (χ0v) is 14.4. The fourth-order valence-corrected chi connectivity index (χ4v) is 2.89. The lowest BCUT2D eigenvalue weighted by atomic mass is 10.2. The molecule has 0 spiro atoms. The number of amidine groups is 1. The Morgan fingerprint density at radius 1 is 1.44 bits per heavy atom. The summed E-state index contributed by atoms with van der Waals surface area (Å²) in [6.45, 7) is 3.69. The van der Waals surface area contributed by atoms with Crippen molar-refractivity contribution in [2.45, 2.75) is 31.6 Å². The second-order valence-electron chi connectivity index (χ2n) is 5.52. The number of thioether (sulfide) groups is 1. The Balaban J connectivity index is 1.92. The number of amides is 2. The molecule has 25 heavy (non-hydrogen) atoms. The molecule has 1 aromatic rings. The molecule has 0 saturated carbocycles. The van der Waals surface area contributed by atoms with E-state index in [9.17, 15) is 19.7 Å². The number of nitrogens with zero attached hydrogens (tertiary/aromatic N) is 3. The maximum absolute atomic E-state index is 11.8. The summed E-state index contributed by atoms with van der Waals surface area (Å²) in [7, 11) is 0. The van der Waals surface area contributed by atoms with Gasteiger partial charge in [0.15, 0.2) is 5.17 Å². The molecule has 10 heteroatoms. The van der Waals surface area contributed by atoms with E-state index < -0.39 is 10.2 Å². The predicted molar refractivity (Wildman–Crippen MR) is 95.5 cm³/mol.